The monoisotopic (exact) mass is 503 g/mol. The van der Waals surface area contributed by atoms with Gasteiger partial charge in [-0.05, 0) is 46.6 Å². The Morgan fingerprint density at radius 1 is 1.13 bits per heavy atom. The number of hydrogen-bond donors (Lipinski definition) is 2. The topological polar surface area (TPSA) is 78.5 Å². The fourth-order valence-corrected chi connectivity index (χ4v) is 4.40. The van der Waals surface area contributed by atoms with E-state index in [-0.39, 0.29) is 18.9 Å². The average Bonchev–Trinajstić information content (AvgIpc) is 2.99. The second kappa shape index (κ2) is 10.0. The van der Waals surface area contributed by atoms with Crippen molar-refractivity contribution >= 4 is 68.0 Å². The van der Waals surface area contributed by atoms with Crippen molar-refractivity contribution in [3.63, 3.8) is 0 Å². The number of nitrogens with one attached hydrogen (secondary N) is 2. The number of benzene rings is 2. The second-order valence-electron chi connectivity index (χ2n) is 6.48. The molecule has 1 aliphatic heterocycles. The maximum atomic E-state index is 12.6. The largest absolute Gasteiger partial charge is 0.292 e. The van der Waals surface area contributed by atoms with Gasteiger partial charge in [0.2, 0.25) is 5.91 Å². The molecule has 2 aromatic rings. The molecule has 154 valence electrons. The Morgan fingerprint density at radius 3 is 2.53 bits per heavy atom. The molecule has 0 saturated carbocycles. The summed E-state index contributed by atoms with van der Waals surface area (Å²) in [6, 6.07) is 14.7. The van der Waals surface area contributed by atoms with Gasteiger partial charge in [-0.25, -0.2) is 0 Å². The van der Waals surface area contributed by atoms with Crippen LogP contribution in [0.1, 0.15) is 27.9 Å². The zero-order valence-electron chi connectivity index (χ0n) is 16.0. The first-order valence-electron chi connectivity index (χ1n) is 9.01. The molecule has 9 heteroatoms. The Bertz CT molecular complexity index is 1040. The predicted octanol–water partition coefficient (Wildman–Crippen LogP) is 3.81. The maximum absolute atomic E-state index is 12.6. The number of halogens is 1. The summed E-state index contributed by atoms with van der Waals surface area (Å²) in [7, 11) is 0. The molecule has 30 heavy (non-hydrogen) atoms. The van der Waals surface area contributed by atoms with Gasteiger partial charge in [-0.1, -0.05) is 65.9 Å². The van der Waals surface area contributed by atoms with Crippen molar-refractivity contribution in [1.29, 1.82) is 0 Å². The van der Waals surface area contributed by atoms with Gasteiger partial charge in [0.05, 0.1) is 10.5 Å². The van der Waals surface area contributed by atoms with Gasteiger partial charge in [-0.3, -0.25) is 30.1 Å². The number of rotatable bonds is 5. The first-order chi connectivity index (χ1) is 14.3. The van der Waals surface area contributed by atoms with Gasteiger partial charge >= 0.3 is 0 Å². The highest BCUT2D eigenvalue weighted by Crippen LogP contribution is 2.32. The number of amides is 3. The lowest BCUT2D eigenvalue weighted by molar-refractivity contribution is -0.124. The van der Waals surface area contributed by atoms with E-state index in [0.29, 0.717) is 19.3 Å². The van der Waals surface area contributed by atoms with Crippen molar-refractivity contribution < 1.29 is 14.4 Å². The van der Waals surface area contributed by atoms with Gasteiger partial charge in [0.1, 0.15) is 4.32 Å². The lowest BCUT2D eigenvalue weighted by Gasteiger charge is -2.14. The molecule has 0 unspecified atom stereocenters. The minimum Gasteiger partial charge on any atom is -0.292 e. The van der Waals surface area contributed by atoms with Crippen LogP contribution in [0.5, 0.6) is 0 Å². The van der Waals surface area contributed by atoms with Crippen LogP contribution in [0.4, 0.5) is 0 Å². The van der Waals surface area contributed by atoms with Crippen LogP contribution in [-0.2, 0) is 9.59 Å². The van der Waals surface area contributed by atoms with Crippen LogP contribution in [0, 0.1) is 6.92 Å². The van der Waals surface area contributed by atoms with Crippen molar-refractivity contribution in [3.8, 4) is 0 Å². The number of hydrazine groups is 1. The van der Waals surface area contributed by atoms with Gasteiger partial charge in [0, 0.05) is 17.4 Å². The minimum atomic E-state index is -0.442. The van der Waals surface area contributed by atoms with Crippen LogP contribution in [0.2, 0.25) is 0 Å². The summed E-state index contributed by atoms with van der Waals surface area (Å²) in [4.78, 5) is 38.8. The van der Waals surface area contributed by atoms with Crippen LogP contribution in [0.3, 0.4) is 0 Å². The van der Waals surface area contributed by atoms with E-state index in [4.69, 9.17) is 12.2 Å². The van der Waals surface area contributed by atoms with E-state index in [1.165, 1.54) is 16.7 Å². The molecule has 0 spiro atoms. The summed E-state index contributed by atoms with van der Waals surface area (Å²) < 4.78 is 1.03. The number of carbonyl (C=O) groups excluding carboxylic acids is 3. The molecule has 1 aliphatic rings. The molecule has 1 heterocycles. The van der Waals surface area contributed by atoms with Crippen molar-refractivity contribution in [2.24, 2.45) is 0 Å². The van der Waals surface area contributed by atoms with Gasteiger partial charge in [-0.15, -0.1) is 0 Å². The Balaban J connectivity index is 1.52. The first kappa shape index (κ1) is 22.2. The molecule has 2 aromatic carbocycles. The molecule has 0 radical (unpaired) electrons. The zero-order chi connectivity index (χ0) is 21.7. The molecule has 0 aliphatic carbocycles. The van der Waals surface area contributed by atoms with E-state index in [2.05, 4.69) is 26.8 Å². The van der Waals surface area contributed by atoms with E-state index in [0.717, 1.165) is 11.1 Å². The van der Waals surface area contributed by atoms with Crippen LogP contribution < -0.4 is 10.9 Å². The molecular weight excluding hydrogens is 486 g/mol. The summed E-state index contributed by atoms with van der Waals surface area (Å²) >= 11 is 9.79. The molecule has 2 N–H and O–H groups in total. The van der Waals surface area contributed by atoms with Crippen molar-refractivity contribution in [1.82, 2.24) is 15.8 Å². The van der Waals surface area contributed by atoms with Gasteiger partial charge in [0.15, 0.2) is 0 Å². The third-order valence-electron chi connectivity index (χ3n) is 4.25. The van der Waals surface area contributed by atoms with Crippen molar-refractivity contribution in [2.45, 2.75) is 13.3 Å². The summed E-state index contributed by atoms with van der Waals surface area (Å²) in [5.74, 6) is -1.09. The molecule has 3 rings (SSSR count). The molecule has 0 atom stereocenters. The predicted molar refractivity (Wildman–Crippen MR) is 125 cm³/mol. The van der Waals surface area contributed by atoms with E-state index >= 15 is 0 Å². The van der Waals surface area contributed by atoms with E-state index < -0.39 is 11.8 Å². The SMILES string of the molecule is Cc1ccc(C=C2SC(=S)N(CCC(=O)NNC(=O)c3ccccc3Br)C2=O)cc1. The highest BCUT2D eigenvalue weighted by atomic mass is 79.9. The molecular formula is C21H18BrN3O3S2. The first-order valence-corrected chi connectivity index (χ1v) is 11.0. The molecule has 3 amide bonds. The van der Waals surface area contributed by atoms with Crippen LogP contribution in [0.25, 0.3) is 6.08 Å². The van der Waals surface area contributed by atoms with Crippen LogP contribution in [0.15, 0.2) is 57.9 Å². The normalized spacial score (nSPS) is 14.9. The zero-order valence-corrected chi connectivity index (χ0v) is 19.2. The number of aryl methyl sites for hydroxylation is 1. The standard InChI is InChI=1S/C21H18BrN3O3S2/c1-13-6-8-14(9-7-13)12-17-20(28)25(21(29)30-17)11-10-18(26)23-24-19(27)15-4-2-3-5-16(15)22/h2-9,12H,10-11H2,1H3,(H,23,26)(H,24,27). The number of nitrogens with zero attached hydrogens (tertiary/aromatic N) is 1. The van der Waals surface area contributed by atoms with Gasteiger partial charge < -0.3 is 0 Å². The number of thiocarbonyl (C=S) groups is 1. The van der Waals surface area contributed by atoms with Gasteiger partial charge in [-0.2, -0.15) is 0 Å². The fourth-order valence-electron chi connectivity index (χ4n) is 2.62. The molecule has 0 aromatic heterocycles. The summed E-state index contributed by atoms with van der Waals surface area (Å²) in [5, 5.41) is 0. The highest BCUT2D eigenvalue weighted by molar-refractivity contribution is 9.10. The smallest absolute Gasteiger partial charge is 0.270 e. The second-order valence-corrected chi connectivity index (χ2v) is 9.01. The van der Waals surface area contributed by atoms with Crippen molar-refractivity contribution in [3.05, 3.63) is 74.6 Å². The maximum Gasteiger partial charge on any atom is 0.270 e. The van der Waals surface area contributed by atoms with Crippen LogP contribution in [-0.4, -0.2) is 33.5 Å². The third-order valence-corrected chi connectivity index (χ3v) is 6.31. The quantitative estimate of drug-likeness (QED) is 0.368. The number of hydrogen-bond acceptors (Lipinski definition) is 5. The molecule has 1 fully saturated rings. The Hall–Kier alpha value is -2.49. The highest BCUT2D eigenvalue weighted by Gasteiger charge is 2.32. The summed E-state index contributed by atoms with van der Waals surface area (Å²) in [5.41, 5.74) is 7.16. The Labute approximate surface area is 192 Å². The number of thioether (sulfide) groups is 1. The Morgan fingerprint density at radius 2 is 1.83 bits per heavy atom. The lowest BCUT2D eigenvalue weighted by atomic mass is 10.1. The molecule has 1 saturated heterocycles. The Kier molecular flexibility index (Phi) is 7.41. The summed E-state index contributed by atoms with van der Waals surface area (Å²) in [6.07, 6.45) is 1.79. The third kappa shape index (κ3) is 5.56. The van der Waals surface area contributed by atoms with E-state index in [1.54, 1.807) is 30.3 Å². The molecule has 0 bridgehead atoms. The van der Waals surface area contributed by atoms with E-state index in [1.807, 2.05) is 31.2 Å². The van der Waals surface area contributed by atoms with Crippen LogP contribution >= 0.6 is 39.9 Å². The van der Waals surface area contributed by atoms with Crippen molar-refractivity contribution in [2.75, 3.05) is 6.54 Å². The van der Waals surface area contributed by atoms with Gasteiger partial charge in [0.25, 0.3) is 11.8 Å². The average molecular weight is 504 g/mol. The fraction of sp³-hybridized carbons (Fsp3) is 0.143. The van der Waals surface area contributed by atoms with E-state index in [9.17, 15) is 14.4 Å². The molecule has 6 nitrogen and oxygen atoms in total. The minimum absolute atomic E-state index is 0.000487. The lowest BCUT2D eigenvalue weighted by Crippen LogP contribution is -2.43. The summed E-state index contributed by atoms with van der Waals surface area (Å²) in [6.45, 7) is 2.13. The number of carbonyl (C=O) groups is 3.